The number of nitrogen functional groups attached to an aromatic ring is 1. The van der Waals surface area contributed by atoms with Crippen LogP contribution in [0.15, 0.2) is 53.7 Å². The first kappa shape index (κ1) is 23.7. The maximum absolute atomic E-state index is 13.3. The lowest BCUT2D eigenvalue weighted by Gasteiger charge is -2.49. The van der Waals surface area contributed by atoms with Crippen LogP contribution in [0.5, 0.6) is 5.88 Å². The average molecular weight is 521 g/mol. The van der Waals surface area contributed by atoms with E-state index in [2.05, 4.69) is 19.6 Å². The third kappa shape index (κ3) is 4.07. The Balaban J connectivity index is 1.33. The number of pyridine rings is 3. The standard InChI is InChI=1S/C26H28N6O4S/c1-15(2)36-22-11-6-16(13-28-22)19-9-8-18(24(29-19)32-14-26-12-17(26)7-10-20(26)32)25(33)31-37(34,35)23-5-3-4-21(27)30-23/h3-6,8-9,11,13,15,17,20H,7,10,12,14H2,1-2H3,(H2,27,30)(H,31,33). The summed E-state index contributed by atoms with van der Waals surface area (Å²) in [5, 5.41) is -0.318. The minimum atomic E-state index is -4.22. The molecule has 1 amide bonds. The van der Waals surface area contributed by atoms with Crippen LogP contribution < -0.4 is 20.1 Å². The number of aromatic nitrogens is 3. The zero-order valence-electron chi connectivity index (χ0n) is 20.6. The van der Waals surface area contributed by atoms with Crippen LogP contribution in [0.25, 0.3) is 11.3 Å². The van der Waals surface area contributed by atoms with Crippen molar-refractivity contribution in [2.75, 3.05) is 17.2 Å². The summed E-state index contributed by atoms with van der Waals surface area (Å²) in [5.74, 6) is 1.04. The summed E-state index contributed by atoms with van der Waals surface area (Å²) in [5.41, 5.74) is 7.58. The van der Waals surface area contributed by atoms with Gasteiger partial charge in [-0.15, -0.1) is 0 Å². The molecule has 3 unspecified atom stereocenters. The van der Waals surface area contributed by atoms with E-state index in [1.54, 1.807) is 24.4 Å². The van der Waals surface area contributed by atoms with Crippen molar-refractivity contribution in [2.24, 2.45) is 11.3 Å². The van der Waals surface area contributed by atoms with Crippen molar-refractivity contribution in [2.45, 2.75) is 50.3 Å². The van der Waals surface area contributed by atoms with Gasteiger partial charge in [-0.1, -0.05) is 6.07 Å². The number of ether oxygens (including phenoxy) is 1. The first-order chi connectivity index (χ1) is 17.7. The zero-order chi connectivity index (χ0) is 25.9. The van der Waals surface area contributed by atoms with E-state index in [9.17, 15) is 13.2 Å². The largest absolute Gasteiger partial charge is 0.475 e. The summed E-state index contributed by atoms with van der Waals surface area (Å²) in [4.78, 5) is 28.5. The maximum atomic E-state index is 13.3. The molecule has 3 N–H and O–H groups in total. The van der Waals surface area contributed by atoms with Crippen LogP contribution in [-0.2, 0) is 10.0 Å². The summed E-state index contributed by atoms with van der Waals surface area (Å²) in [6.45, 7) is 4.69. The number of carbonyl (C=O) groups is 1. The summed E-state index contributed by atoms with van der Waals surface area (Å²) >= 11 is 0. The van der Waals surface area contributed by atoms with Crippen molar-refractivity contribution >= 4 is 27.6 Å². The van der Waals surface area contributed by atoms with E-state index in [0.29, 0.717) is 28.8 Å². The molecule has 3 aromatic rings. The smallest absolute Gasteiger partial charge is 0.281 e. The number of amides is 1. The Morgan fingerprint density at radius 3 is 2.68 bits per heavy atom. The lowest BCUT2D eigenvalue weighted by atomic mass is 9.85. The third-order valence-electron chi connectivity index (χ3n) is 7.60. The van der Waals surface area contributed by atoms with Crippen LogP contribution in [0.3, 0.4) is 0 Å². The maximum Gasteiger partial charge on any atom is 0.281 e. The lowest BCUT2D eigenvalue weighted by Crippen LogP contribution is -2.57. The monoisotopic (exact) mass is 520 g/mol. The minimum Gasteiger partial charge on any atom is -0.475 e. The van der Waals surface area contributed by atoms with Crippen molar-refractivity contribution in [3.63, 3.8) is 0 Å². The Bertz CT molecular complexity index is 1490. The van der Waals surface area contributed by atoms with Crippen molar-refractivity contribution < 1.29 is 17.9 Å². The van der Waals surface area contributed by atoms with Gasteiger partial charge in [0.2, 0.25) is 5.88 Å². The number of hydrogen-bond acceptors (Lipinski definition) is 9. The van der Waals surface area contributed by atoms with Gasteiger partial charge in [0, 0.05) is 35.8 Å². The molecule has 0 radical (unpaired) electrons. The van der Waals surface area contributed by atoms with Crippen LogP contribution in [0.4, 0.5) is 11.6 Å². The molecular formula is C26H28N6O4S. The molecule has 3 aromatic heterocycles. The summed E-state index contributed by atoms with van der Waals surface area (Å²) < 4.78 is 33.5. The molecule has 6 rings (SSSR count). The van der Waals surface area contributed by atoms with Gasteiger partial charge in [-0.3, -0.25) is 4.79 Å². The number of rotatable bonds is 7. The van der Waals surface area contributed by atoms with Gasteiger partial charge in [0.25, 0.3) is 15.9 Å². The Hall–Kier alpha value is -3.73. The molecular weight excluding hydrogens is 492 g/mol. The molecule has 0 aromatic carbocycles. The molecule has 192 valence electrons. The Kier molecular flexibility index (Phi) is 5.37. The zero-order valence-corrected chi connectivity index (χ0v) is 21.4. The van der Waals surface area contributed by atoms with E-state index in [4.69, 9.17) is 15.5 Å². The second-order valence-electron chi connectivity index (χ2n) is 10.3. The fourth-order valence-electron chi connectivity index (χ4n) is 5.80. The molecule has 2 aliphatic carbocycles. The summed E-state index contributed by atoms with van der Waals surface area (Å²) in [7, 11) is -4.22. The van der Waals surface area contributed by atoms with Gasteiger partial charge in [-0.25, -0.2) is 19.7 Å². The Morgan fingerprint density at radius 1 is 1.16 bits per heavy atom. The molecule has 1 saturated heterocycles. The van der Waals surface area contributed by atoms with E-state index >= 15 is 0 Å². The SMILES string of the molecule is CC(C)Oc1ccc(-c2ccc(C(=O)NS(=O)(=O)c3cccc(N)n3)c(N3CC45CC4CCC35)n2)cn1. The fourth-order valence-corrected chi connectivity index (χ4v) is 6.75. The molecule has 4 heterocycles. The number of anilines is 2. The summed E-state index contributed by atoms with van der Waals surface area (Å²) in [6, 6.07) is 11.5. The molecule has 10 nitrogen and oxygen atoms in total. The van der Waals surface area contributed by atoms with Crippen molar-refractivity contribution in [3.8, 4) is 17.1 Å². The Morgan fingerprint density at radius 2 is 2.00 bits per heavy atom. The molecule has 11 heteroatoms. The predicted molar refractivity (Wildman–Crippen MR) is 137 cm³/mol. The molecule has 3 atom stereocenters. The molecule has 37 heavy (non-hydrogen) atoms. The minimum absolute atomic E-state index is 0.0103. The molecule has 3 fully saturated rings. The molecule has 1 aliphatic heterocycles. The van der Waals surface area contributed by atoms with Gasteiger partial charge >= 0.3 is 0 Å². The predicted octanol–water partition coefficient (Wildman–Crippen LogP) is 3.02. The number of nitrogens with two attached hydrogens (primary N) is 1. The number of carbonyl (C=O) groups excluding carboxylic acids is 1. The van der Waals surface area contributed by atoms with Crippen molar-refractivity contribution in [1.82, 2.24) is 19.7 Å². The second-order valence-corrected chi connectivity index (χ2v) is 11.9. The summed E-state index contributed by atoms with van der Waals surface area (Å²) in [6.07, 6.45) is 5.14. The Labute approximate surface area is 215 Å². The topological polar surface area (TPSA) is 140 Å². The normalized spacial score (nSPS) is 23.7. The van der Waals surface area contributed by atoms with Crippen LogP contribution in [0.2, 0.25) is 0 Å². The highest BCUT2D eigenvalue weighted by Crippen LogP contribution is 2.70. The van der Waals surface area contributed by atoms with Gasteiger partial charge in [0.1, 0.15) is 11.6 Å². The van der Waals surface area contributed by atoms with Crippen LogP contribution in [-0.4, -0.2) is 48.0 Å². The van der Waals surface area contributed by atoms with Gasteiger partial charge in [-0.05, 0) is 69.4 Å². The fraction of sp³-hybridized carbons (Fsp3) is 0.385. The van der Waals surface area contributed by atoms with Gasteiger partial charge in [-0.2, -0.15) is 8.42 Å². The van der Waals surface area contributed by atoms with Crippen LogP contribution in [0.1, 0.15) is 43.5 Å². The van der Waals surface area contributed by atoms with E-state index in [-0.39, 0.29) is 22.5 Å². The van der Waals surface area contributed by atoms with Crippen molar-refractivity contribution in [3.05, 3.63) is 54.2 Å². The molecule has 0 bridgehead atoms. The van der Waals surface area contributed by atoms with Crippen LogP contribution >= 0.6 is 0 Å². The third-order valence-corrected chi connectivity index (χ3v) is 8.83. The number of nitrogens with one attached hydrogen (secondary N) is 1. The molecule has 1 spiro atoms. The van der Waals surface area contributed by atoms with E-state index in [0.717, 1.165) is 24.4 Å². The van der Waals surface area contributed by atoms with Crippen LogP contribution in [0, 0.1) is 11.3 Å². The first-order valence-electron chi connectivity index (χ1n) is 12.4. The second kappa shape index (κ2) is 8.41. The van der Waals surface area contributed by atoms with Crippen molar-refractivity contribution in [1.29, 1.82) is 0 Å². The van der Waals surface area contributed by atoms with E-state index in [1.165, 1.54) is 31.0 Å². The van der Waals surface area contributed by atoms with Gasteiger partial charge < -0.3 is 15.4 Å². The average Bonchev–Trinajstić information content (AvgIpc) is 3.52. The van der Waals surface area contributed by atoms with E-state index in [1.807, 2.05) is 19.9 Å². The number of nitrogens with zero attached hydrogens (tertiary/aromatic N) is 4. The number of sulfonamides is 1. The lowest BCUT2D eigenvalue weighted by molar-refractivity contribution is 0.0980. The highest BCUT2D eigenvalue weighted by atomic mass is 32.2. The quantitative estimate of drug-likeness (QED) is 0.481. The van der Waals surface area contributed by atoms with E-state index < -0.39 is 15.9 Å². The number of hydrogen-bond donors (Lipinski definition) is 2. The highest BCUT2D eigenvalue weighted by molar-refractivity contribution is 7.90. The van der Waals surface area contributed by atoms with Gasteiger partial charge in [0.05, 0.1) is 17.4 Å². The first-order valence-corrected chi connectivity index (χ1v) is 13.8. The molecule has 2 saturated carbocycles. The highest BCUT2D eigenvalue weighted by Gasteiger charge is 2.71. The van der Waals surface area contributed by atoms with Gasteiger partial charge in [0.15, 0.2) is 5.03 Å². The molecule has 3 aliphatic rings.